The number of carbonyl (C=O) groups is 2. The number of carboxylic acids is 1. The molecule has 2 N–H and O–H groups in total. The molecule has 1 atom stereocenters. The molecule has 0 aromatic carbocycles. The summed E-state index contributed by atoms with van der Waals surface area (Å²) in [6, 6.07) is 0.905. The molecule has 0 aliphatic carbocycles. The van der Waals surface area contributed by atoms with Crippen LogP contribution in [0, 0.1) is 0 Å². The topological polar surface area (TPSA) is 84.2 Å². The van der Waals surface area contributed by atoms with Gasteiger partial charge in [0.25, 0.3) is 0 Å². The second-order valence-electron chi connectivity index (χ2n) is 3.89. The van der Waals surface area contributed by atoms with Crippen molar-refractivity contribution in [3.05, 3.63) is 24.0 Å². The van der Waals surface area contributed by atoms with Crippen LogP contribution in [0.15, 0.2) is 18.3 Å². The van der Waals surface area contributed by atoms with E-state index in [2.05, 4.69) is 10.4 Å². The lowest BCUT2D eigenvalue weighted by Gasteiger charge is -2.12. The number of carboxylic acid groups (broad SMARTS) is 1. The minimum absolute atomic E-state index is 0.405. The van der Waals surface area contributed by atoms with E-state index in [0.717, 1.165) is 5.69 Å². The number of amides is 1. The number of thioether (sulfide) groups is 1. The van der Waals surface area contributed by atoms with Crippen molar-refractivity contribution < 1.29 is 14.7 Å². The third-order valence-corrected chi connectivity index (χ3v) is 3.13. The number of aryl methyl sites for hydroxylation is 1. The van der Waals surface area contributed by atoms with Crippen LogP contribution in [0.5, 0.6) is 0 Å². The third kappa shape index (κ3) is 5.17. The minimum Gasteiger partial charge on any atom is -0.480 e. The van der Waals surface area contributed by atoms with E-state index in [1.807, 2.05) is 6.26 Å². The van der Waals surface area contributed by atoms with Gasteiger partial charge >= 0.3 is 5.97 Å². The molecule has 0 radical (unpaired) electrons. The van der Waals surface area contributed by atoms with Gasteiger partial charge in [0.15, 0.2) is 0 Å². The highest BCUT2D eigenvalue weighted by atomic mass is 32.2. The van der Waals surface area contributed by atoms with Crippen molar-refractivity contribution in [3.8, 4) is 0 Å². The van der Waals surface area contributed by atoms with Gasteiger partial charge in [-0.05, 0) is 30.6 Å². The lowest BCUT2D eigenvalue weighted by molar-refractivity contribution is -0.141. The molecule has 0 saturated carbocycles. The van der Waals surface area contributed by atoms with Gasteiger partial charge in [0.2, 0.25) is 5.91 Å². The third-order valence-electron chi connectivity index (χ3n) is 2.49. The van der Waals surface area contributed by atoms with E-state index >= 15 is 0 Å². The molecule has 1 amide bonds. The predicted octanol–water partition coefficient (Wildman–Crippen LogP) is 0.756. The number of nitrogens with one attached hydrogen (secondary N) is 1. The zero-order valence-electron chi connectivity index (χ0n) is 10.9. The van der Waals surface area contributed by atoms with Crippen LogP contribution in [-0.2, 0) is 16.6 Å². The van der Waals surface area contributed by atoms with E-state index in [9.17, 15) is 9.59 Å². The number of carbonyl (C=O) groups excluding carboxylic acids is 1. The molecule has 0 unspecified atom stereocenters. The molecule has 0 fully saturated rings. The van der Waals surface area contributed by atoms with Gasteiger partial charge < -0.3 is 10.4 Å². The molecule has 6 nitrogen and oxygen atoms in total. The highest BCUT2D eigenvalue weighted by Crippen LogP contribution is 2.02. The SMILES string of the molecule is CSCC[C@H](NC(=O)/C=C/c1ccnn1C)C(=O)O. The average Bonchev–Trinajstić information content (AvgIpc) is 2.77. The van der Waals surface area contributed by atoms with E-state index in [0.29, 0.717) is 12.2 Å². The lowest BCUT2D eigenvalue weighted by Crippen LogP contribution is -2.40. The molecule has 0 aliphatic heterocycles. The first kappa shape index (κ1) is 15.3. The fraction of sp³-hybridized carbons (Fsp3) is 0.417. The summed E-state index contributed by atoms with van der Waals surface area (Å²) < 4.78 is 1.62. The molecule has 104 valence electrons. The van der Waals surface area contributed by atoms with Gasteiger partial charge in [0.1, 0.15) is 6.04 Å². The smallest absolute Gasteiger partial charge is 0.326 e. The summed E-state index contributed by atoms with van der Waals surface area (Å²) in [5.41, 5.74) is 0.770. The summed E-state index contributed by atoms with van der Waals surface area (Å²) in [6.07, 6.45) is 6.82. The van der Waals surface area contributed by atoms with Crippen LogP contribution in [0.25, 0.3) is 6.08 Å². The van der Waals surface area contributed by atoms with Crippen LogP contribution in [0.4, 0.5) is 0 Å². The number of nitrogens with zero attached hydrogens (tertiary/aromatic N) is 2. The summed E-state index contributed by atoms with van der Waals surface area (Å²) in [5.74, 6) is -0.756. The van der Waals surface area contributed by atoms with Crippen LogP contribution in [0.3, 0.4) is 0 Å². The Bertz CT molecular complexity index is 471. The second-order valence-corrected chi connectivity index (χ2v) is 4.88. The van der Waals surface area contributed by atoms with Crippen LogP contribution in [0.2, 0.25) is 0 Å². The highest BCUT2D eigenvalue weighted by Gasteiger charge is 2.17. The average molecular weight is 283 g/mol. The zero-order valence-corrected chi connectivity index (χ0v) is 11.7. The summed E-state index contributed by atoms with van der Waals surface area (Å²) >= 11 is 1.54. The molecule has 0 aliphatic rings. The van der Waals surface area contributed by atoms with E-state index < -0.39 is 17.9 Å². The summed E-state index contributed by atoms with van der Waals surface area (Å²) in [4.78, 5) is 22.6. The Hall–Kier alpha value is -1.76. The fourth-order valence-electron chi connectivity index (χ4n) is 1.42. The number of hydrogen-bond donors (Lipinski definition) is 2. The molecule has 1 rings (SSSR count). The Balaban J connectivity index is 2.55. The maximum atomic E-state index is 11.6. The first-order valence-corrected chi connectivity index (χ1v) is 7.12. The molecule has 0 saturated heterocycles. The van der Waals surface area contributed by atoms with Gasteiger partial charge in [-0.25, -0.2) is 4.79 Å². The van der Waals surface area contributed by atoms with Gasteiger partial charge in [0, 0.05) is 19.3 Å². The van der Waals surface area contributed by atoms with E-state index in [-0.39, 0.29) is 0 Å². The number of hydrogen-bond acceptors (Lipinski definition) is 4. The predicted molar refractivity (Wildman–Crippen MR) is 74.8 cm³/mol. The Kier molecular flexibility index (Phi) is 6.14. The van der Waals surface area contributed by atoms with Crippen molar-refractivity contribution >= 4 is 29.7 Å². The summed E-state index contributed by atoms with van der Waals surface area (Å²) in [6.45, 7) is 0. The molecule has 19 heavy (non-hydrogen) atoms. The highest BCUT2D eigenvalue weighted by molar-refractivity contribution is 7.98. The van der Waals surface area contributed by atoms with Crippen molar-refractivity contribution in [3.63, 3.8) is 0 Å². The van der Waals surface area contributed by atoms with Gasteiger partial charge in [-0.15, -0.1) is 0 Å². The standard InChI is InChI=1S/C12H17N3O3S/c1-15-9(5-7-13-15)3-4-11(16)14-10(12(17)18)6-8-19-2/h3-5,7,10H,6,8H2,1-2H3,(H,14,16)(H,17,18)/b4-3+/t10-/m0/s1. The summed E-state index contributed by atoms with van der Waals surface area (Å²) in [7, 11) is 1.76. The number of aromatic nitrogens is 2. The van der Waals surface area contributed by atoms with Gasteiger partial charge in [-0.1, -0.05) is 0 Å². The van der Waals surface area contributed by atoms with Crippen molar-refractivity contribution in [2.45, 2.75) is 12.5 Å². The van der Waals surface area contributed by atoms with E-state index in [1.54, 1.807) is 41.8 Å². The lowest BCUT2D eigenvalue weighted by atomic mass is 10.2. The molecule has 0 bridgehead atoms. The Morgan fingerprint density at radius 1 is 1.63 bits per heavy atom. The van der Waals surface area contributed by atoms with Crippen molar-refractivity contribution in [1.29, 1.82) is 0 Å². The Morgan fingerprint density at radius 3 is 2.89 bits per heavy atom. The van der Waals surface area contributed by atoms with Gasteiger partial charge in [-0.3, -0.25) is 9.48 Å². The number of aliphatic carboxylic acids is 1. The van der Waals surface area contributed by atoms with Crippen LogP contribution >= 0.6 is 11.8 Å². The first-order valence-electron chi connectivity index (χ1n) is 5.73. The quantitative estimate of drug-likeness (QED) is 0.722. The molecular formula is C12H17N3O3S. The minimum atomic E-state index is -1.02. The molecular weight excluding hydrogens is 266 g/mol. The molecule has 1 aromatic heterocycles. The Morgan fingerprint density at radius 2 is 2.37 bits per heavy atom. The van der Waals surface area contributed by atoms with Crippen molar-refractivity contribution in [2.24, 2.45) is 7.05 Å². The maximum Gasteiger partial charge on any atom is 0.326 e. The summed E-state index contributed by atoms with van der Waals surface area (Å²) in [5, 5.41) is 15.4. The van der Waals surface area contributed by atoms with Crippen molar-refractivity contribution in [1.82, 2.24) is 15.1 Å². The van der Waals surface area contributed by atoms with E-state index in [1.165, 1.54) is 6.08 Å². The second kappa shape index (κ2) is 7.63. The van der Waals surface area contributed by atoms with E-state index in [4.69, 9.17) is 5.11 Å². The van der Waals surface area contributed by atoms with Crippen LogP contribution in [-0.4, -0.2) is 44.8 Å². The molecule has 0 spiro atoms. The van der Waals surface area contributed by atoms with Gasteiger partial charge in [-0.2, -0.15) is 16.9 Å². The molecule has 1 aromatic rings. The Labute approximate surface area is 115 Å². The van der Waals surface area contributed by atoms with Gasteiger partial charge in [0.05, 0.1) is 5.69 Å². The van der Waals surface area contributed by atoms with Crippen LogP contribution < -0.4 is 5.32 Å². The molecule has 7 heteroatoms. The molecule has 1 heterocycles. The van der Waals surface area contributed by atoms with Crippen molar-refractivity contribution in [2.75, 3.05) is 12.0 Å². The largest absolute Gasteiger partial charge is 0.480 e. The first-order chi connectivity index (χ1) is 9.04. The van der Waals surface area contributed by atoms with Crippen LogP contribution in [0.1, 0.15) is 12.1 Å². The normalized spacial score (nSPS) is 12.5. The monoisotopic (exact) mass is 283 g/mol. The number of rotatable bonds is 7. The fourth-order valence-corrected chi connectivity index (χ4v) is 1.89. The zero-order chi connectivity index (χ0) is 14.3. The maximum absolute atomic E-state index is 11.6.